The SMILES string of the molecule is COCCC1(c2noc(-c3ccncc3)n2)CCCN(C(=O)COc2ccccc2)C1. The summed E-state index contributed by atoms with van der Waals surface area (Å²) in [5, 5.41) is 4.30. The van der Waals surface area contributed by atoms with Crippen LogP contribution in [0.2, 0.25) is 0 Å². The van der Waals surface area contributed by atoms with Crippen molar-refractivity contribution in [3.63, 3.8) is 0 Å². The van der Waals surface area contributed by atoms with Crippen molar-refractivity contribution in [3.8, 4) is 17.2 Å². The quantitative estimate of drug-likeness (QED) is 0.551. The molecule has 162 valence electrons. The van der Waals surface area contributed by atoms with Crippen molar-refractivity contribution < 1.29 is 18.8 Å². The van der Waals surface area contributed by atoms with Gasteiger partial charge in [0.05, 0.1) is 5.41 Å². The van der Waals surface area contributed by atoms with E-state index in [0.717, 1.165) is 18.4 Å². The molecule has 0 bridgehead atoms. The predicted molar refractivity (Wildman–Crippen MR) is 113 cm³/mol. The fraction of sp³-hybridized carbons (Fsp3) is 0.391. The zero-order chi connectivity index (χ0) is 21.5. The third kappa shape index (κ3) is 4.91. The number of carbonyl (C=O) groups excluding carboxylic acids is 1. The van der Waals surface area contributed by atoms with Crippen molar-refractivity contribution in [3.05, 3.63) is 60.7 Å². The Morgan fingerprint density at radius 2 is 2.00 bits per heavy atom. The van der Waals surface area contributed by atoms with Crippen molar-refractivity contribution in [2.45, 2.75) is 24.7 Å². The highest BCUT2D eigenvalue weighted by Gasteiger charge is 2.42. The summed E-state index contributed by atoms with van der Waals surface area (Å²) in [6, 6.07) is 13.0. The monoisotopic (exact) mass is 422 g/mol. The fourth-order valence-corrected chi connectivity index (χ4v) is 3.94. The van der Waals surface area contributed by atoms with Crippen LogP contribution in [0.15, 0.2) is 59.4 Å². The number of aromatic nitrogens is 3. The van der Waals surface area contributed by atoms with Crippen molar-refractivity contribution in [1.29, 1.82) is 0 Å². The molecule has 1 unspecified atom stereocenters. The highest BCUT2D eigenvalue weighted by atomic mass is 16.5. The zero-order valence-electron chi connectivity index (χ0n) is 17.6. The first-order valence-electron chi connectivity index (χ1n) is 10.4. The number of ether oxygens (including phenoxy) is 2. The number of piperidine rings is 1. The number of methoxy groups -OCH3 is 1. The van der Waals surface area contributed by atoms with Crippen LogP contribution in [0.25, 0.3) is 11.5 Å². The third-order valence-electron chi connectivity index (χ3n) is 5.65. The van der Waals surface area contributed by atoms with E-state index in [1.165, 1.54) is 0 Å². The lowest BCUT2D eigenvalue weighted by molar-refractivity contribution is -0.136. The average molecular weight is 422 g/mol. The molecule has 1 aromatic carbocycles. The third-order valence-corrected chi connectivity index (χ3v) is 5.65. The Labute approximate surface area is 181 Å². The molecule has 0 saturated carbocycles. The van der Waals surface area contributed by atoms with Crippen molar-refractivity contribution in [2.75, 3.05) is 33.4 Å². The summed E-state index contributed by atoms with van der Waals surface area (Å²) in [5.41, 5.74) is 0.390. The van der Waals surface area contributed by atoms with Gasteiger partial charge in [-0.1, -0.05) is 23.4 Å². The molecule has 1 amide bonds. The van der Waals surface area contributed by atoms with Crippen LogP contribution in [0.5, 0.6) is 5.75 Å². The van der Waals surface area contributed by atoms with Crippen molar-refractivity contribution >= 4 is 5.91 Å². The molecule has 1 atom stereocenters. The van der Waals surface area contributed by atoms with Gasteiger partial charge in [0.2, 0.25) is 0 Å². The topological polar surface area (TPSA) is 90.6 Å². The Balaban J connectivity index is 1.51. The van der Waals surface area contributed by atoms with Crippen LogP contribution in [0.3, 0.4) is 0 Å². The van der Waals surface area contributed by atoms with Gasteiger partial charge in [-0.15, -0.1) is 0 Å². The van der Waals surface area contributed by atoms with Crippen LogP contribution >= 0.6 is 0 Å². The van der Waals surface area contributed by atoms with Crippen molar-refractivity contribution in [1.82, 2.24) is 20.0 Å². The maximum atomic E-state index is 12.9. The number of carbonyl (C=O) groups is 1. The molecule has 0 aliphatic carbocycles. The number of para-hydroxylation sites is 1. The van der Waals surface area contributed by atoms with Gasteiger partial charge in [-0.2, -0.15) is 4.98 Å². The molecule has 4 rings (SSSR count). The summed E-state index contributed by atoms with van der Waals surface area (Å²) >= 11 is 0. The summed E-state index contributed by atoms with van der Waals surface area (Å²) in [6.07, 6.45) is 5.78. The number of hydrogen-bond donors (Lipinski definition) is 0. The lowest BCUT2D eigenvalue weighted by Gasteiger charge is -2.40. The second kappa shape index (κ2) is 9.70. The maximum absolute atomic E-state index is 12.9. The largest absolute Gasteiger partial charge is 0.484 e. The first-order chi connectivity index (χ1) is 15.2. The predicted octanol–water partition coefficient (Wildman–Crippen LogP) is 3.11. The number of nitrogens with zero attached hydrogens (tertiary/aromatic N) is 4. The van der Waals surface area contributed by atoms with Gasteiger partial charge in [0.1, 0.15) is 5.75 Å². The Kier molecular flexibility index (Phi) is 6.57. The normalized spacial score (nSPS) is 18.7. The minimum absolute atomic E-state index is 0.00111. The first-order valence-corrected chi connectivity index (χ1v) is 10.4. The second-order valence-electron chi connectivity index (χ2n) is 7.70. The summed E-state index contributed by atoms with van der Waals surface area (Å²) in [4.78, 5) is 23.4. The highest BCUT2D eigenvalue weighted by molar-refractivity contribution is 5.78. The number of rotatable bonds is 8. The molecule has 1 aliphatic rings. The summed E-state index contributed by atoms with van der Waals surface area (Å²) in [5.74, 6) is 1.68. The number of benzene rings is 1. The molecule has 1 saturated heterocycles. The zero-order valence-corrected chi connectivity index (χ0v) is 17.6. The van der Waals surface area contributed by atoms with Crippen molar-refractivity contribution in [2.24, 2.45) is 0 Å². The molecule has 31 heavy (non-hydrogen) atoms. The Morgan fingerprint density at radius 3 is 2.77 bits per heavy atom. The molecule has 3 heterocycles. The number of likely N-dealkylation sites (tertiary alicyclic amines) is 1. The highest BCUT2D eigenvalue weighted by Crippen LogP contribution is 2.36. The summed E-state index contributed by atoms with van der Waals surface area (Å²) in [6.45, 7) is 1.73. The second-order valence-corrected chi connectivity index (χ2v) is 7.70. The molecule has 0 N–H and O–H groups in total. The molecule has 1 aliphatic heterocycles. The molecular weight excluding hydrogens is 396 g/mol. The van der Waals surface area contributed by atoms with E-state index in [1.807, 2.05) is 47.4 Å². The summed E-state index contributed by atoms with van der Waals surface area (Å²) < 4.78 is 16.6. The Morgan fingerprint density at radius 1 is 1.19 bits per heavy atom. The molecule has 2 aromatic heterocycles. The van der Waals surface area contributed by atoms with Crippen LogP contribution in [0.4, 0.5) is 0 Å². The molecular formula is C23H26N4O4. The molecule has 8 heteroatoms. The lowest BCUT2D eigenvalue weighted by atomic mass is 9.76. The number of hydrogen-bond acceptors (Lipinski definition) is 7. The first kappa shape index (κ1) is 21.0. The van der Waals surface area contributed by atoms with Gasteiger partial charge in [-0.25, -0.2) is 0 Å². The van der Waals surface area contributed by atoms with E-state index in [9.17, 15) is 4.79 Å². The van der Waals surface area contributed by atoms with E-state index in [4.69, 9.17) is 14.0 Å². The van der Waals surface area contributed by atoms with Gasteiger partial charge in [-0.05, 0) is 43.5 Å². The number of amides is 1. The summed E-state index contributed by atoms with van der Waals surface area (Å²) in [7, 11) is 1.67. The van der Waals surface area contributed by atoms with Crippen LogP contribution in [0, 0.1) is 0 Å². The van der Waals surface area contributed by atoms with E-state index in [1.54, 1.807) is 19.5 Å². The molecule has 0 spiro atoms. The van der Waals surface area contributed by atoms with Crippen LogP contribution in [-0.2, 0) is 14.9 Å². The van der Waals surface area contributed by atoms with Gasteiger partial charge in [0, 0.05) is 44.8 Å². The van der Waals surface area contributed by atoms with Gasteiger partial charge >= 0.3 is 0 Å². The van der Waals surface area contributed by atoms with Crippen LogP contribution in [-0.4, -0.2) is 59.3 Å². The average Bonchev–Trinajstić information content (AvgIpc) is 3.34. The van der Waals surface area contributed by atoms with Crippen LogP contribution in [0.1, 0.15) is 25.1 Å². The smallest absolute Gasteiger partial charge is 0.260 e. The standard InChI is InChI=1S/C23H26N4O4/c1-29-15-11-23(22-25-21(31-26-22)18-8-12-24-13-9-18)10-5-14-27(17-23)20(28)16-30-19-6-3-2-4-7-19/h2-4,6-9,12-13H,5,10-11,14-17H2,1H3. The minimum Gasteiger partial charge on any atom is -0.484 e. The van der Waals surface area contributed by atoms with Gasteiger partial charge < -0.3 is 18.9 Å². The van der Waals surface area contributed by atoms with E-state index in [-0.39, 0.29) is 12.5 Å². The minimum atomic E-state index is -0.425. The van der Waals surface area contributed by atoms with Crippen LogP contribution < -0.4 is 4.74 Å². The molecule has 0 radical (unpaired) electrons. The Hall–Kier alpha value is -3.26. The van der Waals surface area contributed by atoms with Gasteiger partial charge in [0.15, 0.2) is 12.4 Å². The van der Waals surface area contributed by atoms with E-state index < -0.39 is 5.41 Å². The van der Waals surface area contributed by atoms with Gasteiger partial charge in [-0.3, -0.25) is 9.78 Å². The van der Waals surface area contributed by atoms with Gasteiger partial charge in [0.25, 0.3) is 11.8 Å². The van der Waals surface area contributed by atoms with E-state index in [2.05, 4.69) is 15.1 Å². The van der Waals surface area contributed by atoms with E-state index >= 15 is 0 Å². The molecule has 8 nitrogen and oxygen atoms in total. The maximum Gasteiger partial charge on any atom is 0.260 e. The lowest BCUT2D eigenvalue weighted by Crippen LogP contribution is -2.50. The van der Waals surface area contributed by atoms with E-state index in [0.29, 0.717) is 43.6 Å². The fourth-order valence-electron chi connectivity index (χ4n) is 3.94. The number of pyridine rings is 1. The molecule has 1 fully saturated rings. The Bertz CT molecular complexity index is 980. The molecule has 3 aromatic rings.